The molecule has 71 heavy (non-hydrogen) atoms. The van der Waals surface area contributed by atoms with Crippen LogP contribution in [0.3, 0.4) is 0 Å². The minimum absolute atomic E-state index is 0.0866. The Morgan fingerprint density at radius 3 is 0.887 bits per heavy atom. The van der Waals surface area contributed by atoms with Gasteiger partial charge in [0, 0.05) is 19.3 Å². The second-order valence-corrected chi connectivity index (χ2v) is 20.2. The van der Waals surface area contributed by atoms with Gasteiger partial charge in [0.2, 0.25) is 0 Å². The SMILES string of the molecule is CC/C=C\C/C=C\C/C=C\C/C=C\C/C=C\CCCCCC(=O)OC(COC(=O)CCCCCCCCC)COC(=O)CCCCCCCCCCCCCCCCC/C=C\CCCCCCCCCC. The summed E-state index contributed by atoms with van der Waals surface area (Å²) in [6, 6.07) is 0. The highest BCUT2D eigenvalue weighted by molar-refractivity contribution is 5.71. The van der Waals surface area contributed by atoms with E-state index in [0.29, 0.717) is 19.3 Å². The lowest BCUT2D eigenvalue weighted by Gasteiger charge is -2.18. The average molecular weight is 992 g/mol. The first-order valence-corrected chi connectivity index (χ1v) is 30.4. The Labute approximate surface area is 440 Å². The van der Waals surface area contributed by atoms with Crippen molar-refractivity contribution >= 4 is 17.9 Å². The highest BCUT2D eigenvalue weighted by Gasteiger charge is 2.19. The molecule has 0 fully saturated rings. The van der Waals surface area contributed by atoms with E-state index in [-0.39, 0.29) is 31.1 Å². The molecule has 0 N–H and O–H groups in total. The average Bonchev–Trinajstić information content (AvgIpc) is 3.37. The Kier molecular flexibility index (Phi) is 56.8. The third-order valence-electron chi connectivity index (χ3n) is 13.2. The molecule has 6 nitrogen and oxygen atoms in total. The van der Waals surface area contributed by atoms with Gasteiger partial charge in [0.05, 0.1) is 0 Å². The van der Waals surface area contributed by atoms with Crippen LogP contribution in [0.5, 0.6) is 0 Å². The van der Waals surface area contributed by atoms with Crippen molar-refractivity contribution < 1.29 is 28.6 Å². The largest absolute Gasteiger partial charge is 0.462 e. The quantitative estimate of drug-likeness (QED) is 0.0261. The van der Waals surface area contributed by atoms with Gasteiger partial charge in [-0.25, -0.2) is 0 Å². The summed E-state index contributed by atoms with van der Waals surface area (Å²) in [5.74, 6) is -0.917. The van der Waals surface area contributed by atoms with Gasteiger partial charge in [0.15, 0.2) is 6.10 Å². The summed E-state index contributed by atoms with van der Waals surface area (Å²) in [6.45, 7) is 6.48. The van der Waals surface area contributed by atoms with E-state index >= 15 is 0 Å². The first kappa shape index (κ1) is 67.8. The Hall–Kier alpha value is -3.15. The van der Waals surface area contributed by atoms with Crippen LogP contribution in [0, 0.1) is 0 Å². The van der Waals surface area contributed by atoms with Crippen molar-refractivity contribution in [3.8, 4) is 0 Å². The summed E-state index contributed by atoms with van der Waals surface area (Å²) >= 11 is 0. The molecule has 0 aromatic rings. The normalized spacial score (nSPS) is 12.5. The molecule has 0 saturated carbocycles. The molecule has 0 aliphatic heterocycles. The van der Waals surface area contributed by atoms with Crippen molar-refractivity contribution in [2.24, 2.45) is 0 Å². The topological polar surface area (TPSA) is 78.9 Å². The minimum atomic E-state index is -0.789. The number of esters is 3. The maximum absolute atomic E-state index is 12.8. The van der Waals surface area contributed by atoms with Gasteiger partial charge in [0.25, 0.3) is 0 Å². The van der Waals surface area contributed by atoms with E-state index in [1.807, 2.05) is 0 Å². The van der Waals surface area contributed by atoms with Gasteiger partial charge in [-0.15, -0.1) is 0 Å². The zero-order valence-corrected chi connectivity index (χ0v) is 47.0. The van der Waals surface area contributed by atoms with Gasteiger partial charge in [-0.2, -0.15) is 0 Å². The van der Waals surface area contributed by atoms with E-state index in [9.17, 15) is 14.4 Å². The molecule has 0 aliphatic carbocycles. The Morgan fingerprint density at radius 2 is 0.549 bits per heavy atom. The molecule has 0 aromatic heterocycles. The standard InChI is InChI=1S/C65H114O6/c1-4-7-10-13-16-18-20-22-24-26-28-29-30-31-32-33-34-35-37-38-40-42-44-46-49-52-55-58-64(67)70-61-62(60-69-63(66)57-54-51-48-15-12-9-6-3)71-65(68)59-56-53-50-47-45-43-41-39-36-27-25-23-21-19-17-14-11-8-5-2/h8,11,17,19,23,25-26,28,36,39,43,45,62H,4-7,9-10,12-16,18,20-22,24,27,29-35,37-38,40-42,44,46-61H2,1-3H3/b11-8-,19-17-,25-23-,28-26-,39-36-,45-43-. The third-order valence-corrected chi connectivity index (χ3v) is 13.2. The lowest BCUT2D eigenvalue weighted by atomic mass is 10.0. The molecule has 1 unspecified atom stereocenters. The molecular formula is C65H114O6. The molecule has 0 bridgehead atoms. The van der Waals surface area contributed by atoms with Crippen LogP contribution in [0.15, 0.2) is 72.9 Å². The highest BCUT2D eigenvalue weighted by Crippen LogP contribution is 2.16. The lowest BCUT2D eigenvalue weighted by Crippen LogP contribution is -2.30. The zero-order chi connectivity index (χ0) is 51.4. The summed E-state index contributed by atoms with van der Waals surface area (Å²) in [5.41, 5.74) is 0. The summed E-state index contributed by atoms with van der Waals surface area (Å²) in [5, 5.41) is 0. The first-order valence-electron chi connectivity index (χ1n) is 30.4. The number of carbonyl (C=O) groups is 3. The molecule has 0 radical (unpaired) electrons. The van der Waals surface area contributed by atoms with Crippen LogP contribution < -0.4 is 0 Å². The van der Waals surface area contributed by atoms with Gasteiger partial charge in [-0.3, -0.25) is 14.4 Å². The molecule has 0 aliphatic rings. The monoisotopic (exact) mass is 991 g/mol. The van der Waals surface area contributed by atoms with E-state index in [1.165, 1.54) is 167 Å². The van der Waals surface area contributed by atoms with Crippen molar-refractivity contribution in [1.82, 2.24) is 0 Å². The fourth-order valence-electron chi connectivity index (χ4n) is 8.64. The minimum Gasteiger partial charge on any atom is -0.462 e. The summed E-state index contributed by atoms with van der Waals surface area (Å²) in [6.07, 6.45) is 76.5. The van der Waals surface area contributed by atoms with Crippen molar-refractivity contribution in [3.63, 3.8) is 0 Å². The highest BCUT2D eigenvalue weighted by atomic mass is 16.6. The summed E-state index contributed by atoms with van der Waals surface area (Å²) < 4.78 is 16.8. The maximum atomic E-state index is 12.8. The lowest BCUT2D eigenvalue weighted by molar-refractivity contribution is -0.167. The van der Waals surface area contributed by atoms with Crippen molar-refractivity contribution in [2.45, 2.75) is 309 Å². The number of hydrogen-bond acceptors (Lipinski definition) is 6. The summed E-state index contributed by atoms with van der Waals surface area (Å²) in [7, 11) is 0. The Morgan fingerprint density at radius 1 is 0.296 bits per heavy atom. The van der Waals surface area contributed by atoms with Crippen LogP contribution in [-0.4, -0.2) is 37.2 Å². The smallest absolute Gasteiger partial charge is 0.306 e. The van der Waals surface area contributed by atoms with E-state index in [0.717, 1.165) is 96.3 Å². The van der Waals surface area contributed by atoms with Crippen LogP contribution in [0.4, 0.5) is 0 Å². The molecule has 0 aromatic carbocycles. The number of rotatable bonds is 55. The van der Waals surface area contributed by atoms with Crippen LogP contribution in [-0.2, 0) is 28.6 Å². The van der Waals surface area contributed by atoms with Gasteiger partial charge < -0.3 is 14.2 Å². The number of ether oxygens (including phenoxy) is 3. The molecule has 0 spiro atoms. The van der Waals surface area contributed by atoms with Crippen molar-refractivity contribution in [3.05, 3.63) is 72.9 Å². The molecule has 0 saturated heterocycles. The number of carbonyl (C=O) groups excluding carboxylic acids is 3. The molecule has 1 atom stereocenters. The maximum Gasteiger partial charge on any atom is 0.306 e. The van der Waals surface area contributed by atoms with Crippen LogP contribution >= 0.6 is 0 Å². The fourth-order valence-corrected chi connectivity index (χ4v) is 8.64. The van der Waals surface area contributed by atoms with Crippen molar-refractivity contribution in [1.29, 1.82) is 0 Å². The second kappa shape index (κ2) is 59.4. The molecule has 0 amide bonds. The number of unbranched alkanes of at least 4 members (excludes halogenated alkanes) is 32. The number of hydrogen-bond donors (Lipinski definition) is 0. The van der Waals surface area contributed by atoms with Gasteiger partial charge in [0.1, 0.15) is 13.2 Å². The predicted molar refractivity (Wildman–Crippen MR) is 307 cm³/mol. The molecule has 410 valence electrons. The molecule has 0 rings (SSSR count). The Bertz CT molecular complexity index is 1320. The van der Waals surface area contributed by atoms with Gasteiger partial charge in [-0.1, -0.05) is 267 Å². The fraction of sp³-hybridized carbons (Fsp3) is 0.769. The van der Waals surface area contributed by atoms with E-state index in [4.69, 9.17) is 14.2 Å². The van der Waals surface area contributed by atoms with Crippen LogP contribution in [0.2, 0.25) is 0 Å². The molecule has 0 heterocycles. The first-order chi connectivity index (χ1) is 35.0. The van der Waals surface area contributed by atoms with E-state index in [2.05, 4.69) is 93.7 Å². The molecule has 6 heteroatoms. The van der Waals surface area contributed by atoms with Crippen LogP contribution in [0.25, 0.3) is 0 Å². The zero-order valence-electron chi connectivity index (χ0n) is 47.0. The second-order valence-electron chi connectivity index (χ2n) is 20.2. The Balaban J connectivity index is 4.15. The summed E-state index contributed by atoms with van der Waals surface area (Å²) in [4.78, 5) is 38.0. The molecular weight excluding hydrogens is 877 g/mol. The van der Waals surface area contributed by atoms with E-state index in [1.54, 1.807) is 0 Å². The number of allylic oxidation sites excluding steroid dienone is 12. The predicted octanol–water partition coefficient (Wildman–Crippen LogP) is 20.5. The van der Waals surface area contributed by atoms with Gasteiger partial charge in [-0.05, 0) is 89.9 Å². The third kappa shape index (κ3) is 57.6. The van der Waals surface area contributed by atoms with Crippen molar-refractivity contribution in [2.75, 3.05) is 13.2 Å². The van der Waals surface area contributed by atoms with Crippen LogP contribution in [0.1, 0.15) is 303 Å². The van der Waals surface area contributed by atoms with E-state index < -0.39 is 6.10 Å². The van der Waals surface area contributed by atoms with Gasteiger partial charge >= 0.3 is 17.9 Å².